The number of furan rings is 1. The molecule has 7 nitrogen and oxygen atoms in total. The lowest BCUT2D eigenvalue weighted by Gasteiger charge is -2.22. The highest BCUT2D eigenvalue weighted by atomic mass is 16.5. The van der Waals surface area contributed by atoms with Gasteiger partial charge in [-0.05, 0) is 43.2 Å². The standard InChI is InChI=1S/C20H24N2O5/c1-25-12-9-22(14-17-7-3-10-26-17)20(24)15-5-2-6-16(13-15)21-19(23)18-8-4-11-27-18/h2-3,5-7,10,13,18H,4,8-9,11-12,14H2,1H3,(H,21,23). The molecule has 1 fully saturated rings. The molecule has 27 heavy (non-hydrogen) atoms. The summed E-state index contributed by atoms with van der Waals surface area (Å²) in [5.74, 6) is 0.364. The molecular weight excluding hydrogens is 348 g/mol. The molecule has 0 saturated carbocycles. The highest BCUT2D eigenvalue weighted by Crippen LogP contribution is 2.18. The van der Waals surface area contributed by atoms with Crippen LogP contribution in [0.5, 0.6) is 0 Å². The SMILES string of the molecule is COCCN(Cc1ccco1)C(=O)c1cccc(NC(=O)C2CCCO2)c1. The predicted octanol–water partition coefficient (Wildman–Crippen LogP) is 2.69. The summed E-state index contributed by atoms with van der Waals surface area (Å²) in [5.41, 5.74) is 1.06. The van der Waals surface area contributed by atoms with Gasteiger partial charge in [0.1, 0.15) is 11.9 Å². The lowest BCUT2D eigenvalue weighted by Crippen LogP contribution is -2.33. The summed E-state index contributed by atoms with van der Waals surface area (Å²) in [6.07, 6.45) is 2.77. The first kappa shape index (κ1) is 19.1. The fourth-order valence-corrected chi connectivity index (χ4v) is 2.96. The van der Waals surface area contributed by atoms with Crippen molar-refractivity contribution in [1.29, 1.82) is 0 Å². The van der Waals surface area contributed by atoms with Crippen molar-refractivity contribution >= 4 is 17.5 Å². The molecule has 1 aromatic carbocycles. The van der Waals surface area contributed by atoms with Crippen LogP contribution in [0.4, 0.5) is 5.69 Å². The summed E-state index contributed by atoms with van der Waals surface area (Å²) in [6, 6.07) is 10.5. The zero-order chi connectivity index (χ0) is 19.1. The number of nitrogens with zero attached hydrogens (tertiary/aromatic N) is 1. The largest absolute Gasteiger partial charge is 0.467 e. The third-order valence-corrected chi connectivity index (χ3v) is 4.38. The Balaban J connectivity index is 1.70. The van der Waals surface area contributed by atoms with Crippen LogP contribution >= 0.6 is 0 Å². The number of anilines is 1. The van der Waals surface area contributed by atoms with E-state index in [-0.39, 0.29) is 11.8 Å². The second kappa shape index (κ2) is 9.34. The van der Waals surface area contributed by atoms with Crippen molar-refractivity contribution in [3.05, 3.63) is 54.0 Å². The molecule has 1 aliphatic heterocycles. The molecule has 1 atom stereocenters. The van der Waals surface area contributed by atoms with Gasteiger partial charge in [0.25, 0.3) is 11.8 Å². The van der Waals surface area contributed by atoms with Crippen molar-refractivity contribution in [1.82, 2.24) is 4.90 Å². The van der Waals surface area contributed by atoms with Gasteiger partial charge in [0.2, 0.25) is 0 Å². The molecule has 0 bridgehead atoms. The fourth-order valence-electron chi connectivity index (χ4n) is 2.96. The number of rotatable bonds is 8. The van der Waals surface area contributed by atoms with E-state index in [0.29, 0.717) is 43.3 Å². The molecule has 0 spiro atoms. The van der Waals surface area contributed by atoms with E-state index in [9.17, 15) is 9.59 Å². The first-order chi connectivity index (χ1) is 13.2. The number of nitrogens with one attached hydrogen (secondary N) is 1. The monoisotopic (exact) mass is 372 g/mol. The summed E-state index contributed by atoms with van der Waals surface area (Å²) >= 11 is 0. The second-order valence-electron chi connectivity index (χ2n) is 6.37. The molecule has 1 unspecified atom stereocenters. The Labute approximate surface area is 158 Å². The number of carbonyl (C=O) groups excluding carboxylic acids is 2. The van der Waals surface area contributed by atoms with E-state index in [0.717, 1.165) is 12.8 Å². The van der Waals surface area contributed by atoms with Crippen LogP contribution in [0.1, 0.15) is 29.0 Å². The Morgan fingerprint density at radius 1 is 1.30 bits per heavy atom. The zero-order valence-corrected chi connectivity index (χ0v) is 15.3. The number of amides is 2. The van der Waals surface area contributed by atoms with Gasteiger partial charge >= 0.3 is 0 Å². The molecule has 1 N–H and O–H groups in total. The first-order valence-electron chi connectivity index (χ1n) is 9.00. The van der Waals surface area contributed by atoms with Gasteiger partial charge in [-0.25, -0.2) is 0 Å². The van der Waals surface area contributed by atoms with Gasteiger partial charge in [-0.15, -0.1) is 0 Å². The van der Waals surface area contributed by atoms with Crippen LogP contribution in [0.2, 0.25) is 0 Å². The summed E-state index contributed by atoms with van der Waals surface area (Å²) in [4.78, 5) is 26.8. The number of ether oxygens (including phenoxy) is 2. The molecule has 0 aliphatic carbocycles. The first-order valence-corrected chi connectivity index (χ1v) is 9.00. The Morgan fingerprint density at radius 3 is 2.89 bits per heavy atom. The molecule has 3 rings (SSSR count). The van der Waals surface area contributed by atoms with Crippen LogP contribution in [0.3, 0.4) is 0 Å². The van der Waals surface area contributed by atoms with Gasteiger partial charge in [0, 0.05) is 31.5 Å². The van der Waals surface area contributed by atoms with Crippen LogP contribution in [0.25, 0.3) is 0 Å². The lowest BCUT2D eigenvalue weighted by atomic mass is 10.1. The quantitative estimate of drug-likeness (QED) is 0.771. The summed E-state index contributed by atoms with van der Waals surface area (Å²) in [7, 11) is 1.59. The predicted molar refractivity (Wildman–Crippen MR) is 99.4 cm³/mol. The smallest absolute Gasteiger partial charge is 0.254 e. The van der Waals surface area contributed by atoms with Gasteiger partial charge < -0.3 is 24.1 Å². The van der Waals surface area contributed by atoms with Gasteiger partial charge in [-0.3, -0.25) is 9.59 Å². The Kier molecular flexibility index (Phi) is 6.62. The van der Waals surface area contributed by atoms with Crippen molar-refractivity contribution in [2.75, 3.05) is 32.2 Å². The normalized spacial score (nSPS) is 16.3. The number of benzene rings is 1. The van der Waals surface area contributed by atoms with Gasteiger partial charge in [0.05, 0.1) is 19.4 Å². The van der Waals surface area contributed by atoms with Crippen LogP contribution in [0, 0.1) is 0 Å². The number of hydrogen-bond acceptors (Lipinski definition) is 5. The minimum Gasteiger partial charge on any atom is -0.467 e. The molecular formula is C20H24N2O5. The summed E-state index contributed by atoms with van der Waals surface area (Å²) < 4.78 is 15.9. The van der Waals surface area contributed by atoms with Crippen molar-refractivity contribution in [2.24, 2.45) is 0 Å². The molecule has 7 heteroatoms. The van der Waals surface area contributed by atoms with E-state index in [4.69, 9.17) is 13.9 Å². The fraction of sp³-hybridized carbons (Fsp3) is 0.400. The Morgan fingerprint density at radius 2 is 2.19 bits per heavy atom. The third kappa shape index (κ3) is 5.18. The van der Waals surface area contributed by atoms with E-state index in [1.807, 2.05) is 6.07 Å². The molecule has 2 aromatic rings. The zero-order valence-electron chi connectivity index (χ0n) is 15.3. The maximum atomic E-state index is 13.0. The molecule has 1 aliphatic rings. The van der Waals surface area contributed by atoms with Crippen molar-refractivity contribution in [3.63, 3.8) is 0 Å². The van der Waals surface area contributed by atoms with E-state index in [1.54, 1.807) is 48.6 Å². The third-order valence-electron chi connectivity index (χ3n) is 4.38. The maximum Gasteiger partial charge on any atom is 0.254 e. The summed E-state index contributed by atoms with van der Waals surface area (Å²) in [5, 5.41) is 2.83. The van der Waals surface area contributed by atoms with E-state index in [2.05, 4.69) is 5.32 Å². The van der Waals surface area contributed by atoms with E-state index < -0.39 is 6.10 Å². The maximum absolute atomic E-state index is 13.0. The van der Waals surface area contributed by atoms with Crippen LogP contribution < -0.4 is 5.32 Å². The number of hydrogen-bond donors (Lipinski definition) is 1. The molecule has 2 amide bonds. The van der Waals surface area contributed by atoms with Gasteiger partial charge in [-0.2, -0.15) is 0 Å². The second-order valence-corrected chi connectivity index (χ2v) is 6.37. The van der Waals surface area contributed by atoms with Crippen molar-refractivity contribution < 1.29 is 23.5 Å². The van der Waals surface area contributed by atoms with Crippen LogP contribution in [-0.4, -0.2) is 49.7 Å². The van der Waals surface area contributed by atoms with Crippen LogP contribution in [-0.2, 0) is 20.8 Å². The molecule has 1 saturated heterocycles. The molecule has 2 heterocycles. The van der Waals surface area contributed by atoms with E-state index in [1.165, 1.54) is 0 Å². The number of methoxy groups -OCH3 is 1. The van der Waals surface area contributed by atoms with Crippen LogP contribution in [0.15, 0.2) is 47.1 Å². The average Bonchev–Trinajstić information content (AvgIpc) is 3.38. The van der Waals surface area contributed by atoms with E-state index >= 15 is 0 Å². The highest BCUT2D eigenvalue weighted by molar-refractivity contribution is 5.98. The van der Waals surface area contributed by atoms with Gasteiger partial charge in [-0.1, -0.05) is 6.07 Å². The van der Waals surface area contributed by atoms with Crippen molar-refractivity contribution in [3.8, 4) is 0 Å². The minimum atomic E-state index is -0.415. The highest BCUT2D eigenvalue weighted by Gasteiger charge is 2.24. The summed E-state index contributed by atoms with van der Waals surface area (Å²) in [6.45, 7) is 1.81. The Bertz CT molecular complexity index is 753. The minimum absolute atomic E-state index is 0.156. The molecule has 0 radical (unpaired) electrons. The Hall–Kier alpha value is -2.64. The molecule has 1 aromatic heterocycles. The topological polar surface area (TPSA) is 81.0 Å². The van der Waals surface area contributed by atoms with Gasteiger partial charge in [0.15, 0.2) is 0 Å². The number of carbonyl (C=O) groups is 2. The lowest BCUT2D eigenvalue weighted by molar-refractivity contribution is -0.124. The average molecular weight is 372 g/mol. The van der Waals surface area contributed by atoms with Crippen molar-refractivity contribution in [2.45, 2.75) is 25.5 Å². The molecule has 144 valence electrons.